The Balaban J connectivity index is 1.81. The van der Waals surface area contributed by atoms with Crippen LogP contribution in [0, 0.1) is 11.7 Å². The van der Waals surface area contributed by atoms with Gasteiger partial charge in [0.2, 0.25) is 0 Å². The van der Waals surface area contributed by atoms with Gasteiger partial charge in [-0.05, 0) is 50.0 Å². The Morgan fingerprint density at radius 3 is 2.67 bits per heavy atom. The Hall–Kier alpha value is -2.48. The van der Waals surface area contributed by atoms with Gasteiger partial charge in [-0.3, -0.25) is 4.68 Å². The summed E-state index contributed by atoms with van der Waals surface area (Å²) in [5, 5.41) is 4.70. The third-order valence-electron chi connectivity index (χ3n) is 4.99. The summed E-state index contributed by atoms with van der Waals surface area (Å²) >= 11 is 0. The summed E-state index contributed by atoms with van der Waals surface area (Å²) in [7, 11) is 0. The van der Waals surface area contributed by atoms with Crippen molar-refractivity contribution >= 4 is 23.0 Å². The number of benzene rings is 1. The average Bonchev–Trinajstić information content (AvgIpc) is 2.94. The second-order valence-electron chi connectivity index (χ2n) is 6.37. The van der Waals surface area contributed by atoms with Crippen molar-refractivity contribution in [1.29, 1.82) is 0 Å². The quantitative estimate of drug-likeness (QED) is 0.667. The predicted molar refractivity (Wildman–Crippen MR) is 82.9 cm³/mol. The zero-order valence-corrected chi connectivity index (χ0v) is 12.9. The Kier molecular flexibility index (Phi) is 3.49. The van der Waals surface area contributed by atoms with Gasteiger partial charge in [-0.1, -0.05) is 0 Å². The molecule has 0 aliphatic carbocycles. The standard InChI is InChI=1S/C16H17FN4O3/c17-10-1-2-12-11(7-10)14(15(22)24-16(18)23)19-21(12)13-8-20-5-3-9(13)4-6-20/h1-2,7,9,13H,3-6,8H2,(H2,18,23)/t13-/m1/s1. The van der Waals surface area contributed by atoms with Gasteiger partial charge in [-0.2, -0.15) is 5.10 Å². The summed E-state index contributed by atoms with van der Waals surface area (Å²) in [6.07, 6.45) is 0.949. The highest BCUT2D eigenvalue weighted by atomic mass is 19.1. The summed E-state index contributed by atoms with van der Waals surface area (Å²) in [5.41, 5.74) is 5.48. The minimum Gasteiger partial charge on any atom is -0.371 e. The normalized spacial score (nSPS) is 25.8. The molecule has 4 heterocycles. The number of aromatic nitrogens is 2. The first-order valence-corrected chi connectivity index (χ1v) is 7.94. The van der Waals surface area contributed by atoms with Crippen LogP contribution >= 0.6 is 0 Å². The number of piperidine rings is 3. The smallest absolute Gasteiger partial charge is 0.371 e. The lowest BCUT2D eigenvalue weighted by Gasteiger charge is -2.44. The molecule has 3 aliphatic heterocycles. The van der Waals surface area contributed by atoms with Crippen LogP contribution in [0.4, 0.5) is 9.18 Å². The summed E-state index contributed by atoms with van der Waals surface area (Å²) in [4.78, 5) is 25.3. The maximum Gasteiger partial charge on any atom is 0.412 e. The van der Waals surface area contributed by atoms with Crippen molar-refractivity contribution < 1.29 is 18.7 Å². The number of hydrogen-bond acceptors (Lipinski definition) is 5. The lowest BCUT2D eigenvalue weighted by molar-refractivity contribution is 0.0518. The number of fused-ring (bicyclic) bond motifs is 4. The lowest BCUT2D eigenvalue weighted by Crippen LogP contribution is -2.48. The number of primary amides is 1. The number of nitrogens with zero attached hydrogens (tertiary/aromatic N) is 3. The van der Waals surface area contributed by atoms with Crippen molar-refractivity contribution in [3.05, 3.63) is 29.7 Å². The van der Waals surface area contributed by atoms with E-state index in [1.165, 1.54) is 12.1 Å². The first-order chi connectivity index (χ1) is 11.5. The third kappa shape index (κ3) is 2.43. The maximum atomic E-state index is 13.7. The van der Waals surface area contributed by atoms with Gasteiger partial charge in [-0.25, -0.2) is 14.0 Å². The summed E-state index contributed by atoms with van der Waals surface area (Å²) < 4.78 is 19.9. The van der Waals surface area contributed by atoms with Crippen LogP contribution in [-0.4, -0.2) is 46.4 Å². The van der Waals surface area contributed by atoms with Crippen molar-refractivity contribution in [2.24, 2.45) is 11.7 Å². The first kappa shape index (κ1) is 15.1. The van der Waals surface area contributed by atoms with E-state index in [0.29, 0.717) is 16.8 Å². The molecule has 3 aliphatic rings. The van der Waals surface area contributed by atoms with Crippen LogP contribution < -0.4 is 5.73 Å². The van der Waals surface area contributed by atoms with Gasteiger partial charge >= 0.3 is 12.1 Å². The molecule has 0 spiro atoms. The molecule has 0 saturated carbocycles. The van der Waals surface area contributed by atoms with Crippen molar-refractivity contribution in [3.8, 4) is 0 Å². The zero-order chi connectivity index (χ0) is 16.8. The fourth-order valence-electron chi connectivity index (χ4n) is 3.87. The Bertz CT molecular complexity index is 826. The molecule has 1 atom stereocenters. The summed E-state index contributed by atoms with van der Waals surface area (Å²) in [6.45, 7) is 3.00. The molecule has 5 rings (SSSR count). The largest absolute Gasteiger partial charge is 0.412 e. The van der Waals surface area contributed by atoms with Gasteiger partial charge < -0.3 is 15.4 Å². The topological polar surface area (TPSA) is 90.5 Å². The molecule has 1 aromatic carbocycles. The van der Waals surface area contributed by atoms with E-state index < -0.39 is 17.9 Å². The fraction of sp³-hybridized carbons (Fsp3) is 0.438. The summed E-state index contributed by atoms with van der Waals surface area (Å²) in [6, 6.07) is 4.30. The van der Waals surface area contributed by atoms with Gasteiger partial charge in [0.05, 0.1) is 11.6 Å². The Morgan fingerprint density at radius 2 is 2.04 bits per heavy atom. The number of rotatable bonds is 2. The third-order valence-corrected chi connectivity index (χ3v) is 4.99. The van der Waals surface area contributed by atoms with Gasteiger partial charge in [0.1, 0.15) is 5.82 Å². The molecule has 1 aromatic heterocycles. The number of hydrogen-bond donors (Lipinski definition) is 1. The fourth-order valence-corrected chi connectivity index (χ4v) is 3.87. The highest BCUT2D eigenvalue weighted by Crippen LogP contribution is 2.37. The second kappa shape index (κ2) is 5.55. The number of amides is 1. The molecule has 1 amide bonds. The number of ether oxygens (including phenoxy) is 1. The van der Waals surface area contributed by atoms with Crippen LogP contribution in [0.2, 0.25) is 0 Å². The lowest BCUT2D eigenvalue weighted by atomic mass is 9.84. The zero-order valence-electron chi connectivity index (χ0n) is 12.9. The van der Waals surface area contributed by atoms with E-state index in [1.54, 1.807) is 10.7 Å². The van der Waals surface area contributed by atoms with E-state index in [4.69, 9.17) is 5.73 Å². The van der Waals surface area contributed by atoms with Crippen molar-refractivity contribution in [2.45, 2.75) is 18.9 Å². The van der Waals surface area contributed by atoms with E-state index in [2.05, 4.69) is 14.7 Å². The molecule has 2 bridgehead atoms. The number of halogens is 1. The minimum atomic E-state index is -1.21. The van der Waals surface area contributed by atoms with Gasteiger partial charge in [0, 0.05) is 11.9 Å². The number of carbonyl (C=O) groups excluding carboxylic acids is 2. The van der Waals surface area contributed by atoms with E-state index >= 15 is 0 Å². The van der Waals surface area contributed by atoms with Crippen LogP contribution in [0.1, 0.15) is 29.4 Å². The van der Waals surface area contributed by atoms with Crippen LogP contribution in [0.25, 0.3) is 10.9 Å². The van der Waals surface area contributed by atoms with Crippen molar-refractivity contribution in [3.63, 3.8) is 0 Å². The molecule has 8 heteroatoms. The molecule has 0 radical (unpaired) electrons. The van der Waals surface area contributed by atoms with E-state index in [-0.39, 0.29) is 11.7 Å². The molecule has 7 nitrogen and oxygen atoms in total. The maximum absolute atomic E-state index is 13.7. The van der Waals surface area contributed by atoms with Crippen molar-refractivity contribution in [1.82, 2.24) is 14.7 Å². The Labute approximate surface area is 137 Å². The molecule has 2 aromatic rings. The molecule has 2 N–H and O–H groups in total. The molecule has 0 unspecified atom stereocenters. The van der Waals surface area contributed by atoms with E-state index in [1.807, 2.05) is 0 Å². The first-order valence-electron chi connectivity index (χ1n) is 7.94. The molecule has 3 saturated heterocycles. The average molecular weight is 332 g/mol. The number of nitrogens with two attached hydrogens (primary N) is 1. The molecule has 3 fully saturated rings. The molecular weight excluding hydrogens is 315 g/mol. The number of carbonyl (C=O) groups is 2. The SMILES string of the molecule is NC(=O)OC(=O)c1nn([C@@H]2CN3CCC2CC3)c2ccc(F)cc12. The van der Waals surface area contributed by atoms with Crippen LogP contribution in [0.15, 0.2) is 18.2 Å². The second-order valence-corrected chi connectivity index (χ2v) is 6.37. The van der Waals surface area contributed by atoms with Crippen LogP contribution in [-0.2, 0) is 4.74 Å². The van der Waals surface area contributed by atoms with E-state index in [0.717, 1.165) is 32.5 Å². The number of esters is 1. The van der Waals surface area contributed by atoms with Crippen LogP contribution in [0.5, 0.6) is 0 Å². The van der Waals surface area contributed by atoms with Gasteiger partial charge in [0.25, 0.3) is 0 Å². The highest BCUT2D eigenvalue weighted by molar-refractivity contribution is 6.05. The molecular formula is C16H17FN4O3. The molecule has 126 valence electrons. The predicted octanol–water partition coefficient (Wildman–Crippen LogP) is 1.68. The monoisotopic (exact) mass is 332 g/mol. The van der Waals surface area contributed by atoms with Gasteiger partial charge in [-0.15, -0.1) is 0 Å². The van der Waals surface area contributed by atoms with Crippen molar-refractivity contribution in [2.75, 3.05) is 19.6 Å². The minimum absolute atomic E-state index is 0.0836. The highest BCUT2D eigenvalue weighted by Gasteiger charge is 2.37. The summed E-state index contributed by atoms with van der Waals surface area (Å²) in [5.74, 6) is -0.967. The Morgan fingerprint density at radius 1 is 1.29 bits per heavy atom. The molecule has 24 heavy (non-hydrogen) atoms. The van der Waals surface area contributed by atoms with Crippen LogP contribution in [0.3, 0.4) is 0 Å². The van der Waals surface area contributed by atoms with E-state index in [9.17, 15) is 14.0 Å². The van der Waals surface area contributed by atoms with Gasteiger partial charge in [0.15, 0.2) is 5.69 Å².